The lowest BCUT2D eigenvalue weighted by Gasteiger charge is -2.11. The summed E-state index contributed by atoms with van der Waals surface area (Å²) in [7, 11) is 0. The van der Waals surface area contributed by atoms with E-state index in [0.717, 1.165) is 0 Å². The molecule has 2 aromatic carbocycles. The van der Waals surface area contributed by atoms with Gasteiger partial charge in [0.15, 0.2) is 0 Å². The van der Waals surface area contributed by atoms with Crippen LogP contribution in [-0.4, -0.2) is 0 Å². The van der Waals surface area contributed by atoms with Crippen LogP contribution in [0.2, 0.25) is 0 Å². The highest BCUT2D eigenvalue weighted by molar-refractivity contribution is 5.65. The highest BCUT2D eigenvalue weighted by atomic mass is 14.2. The first-order valence-electron chi connectivity index (χ1n) is 5.66. The highest BCUT2D eigenvalue weighted by Gasteiger charge is 2.17. The van der Waals surface area contributed by atoms with E-state index in [-0.39, 0.29) is 0 Å². The van der Waals surface area contributed by atoms with Gasteiger partial charge in [0.25, 0.3) is 0 Å². The third-order valence-electron chi connectivity index (χ3n) is 3.20. The zero-order valence-corrected chi connectivity index (χ0v) is 9.30. The molecule has 3 rings (SSSR count). The molecule has 1 nitrogen and oxygen atoms in total. The van der Waals surface area contributed by atoms with Crippen LogP contribution < -0.4 is 0 Å². The van der Waals surface area contributed by atoms with E-state index in [9.17, 15) is 0 Å². The molecular weight excluding hydrogens is 206 g/mol. The average Bonchev–Trinajstić information content (AvgIpc) is 2.83. The number of hydrogen-bond acceptors (Lipinski definition) is 1. The monoisotopic (exact) mass is 217 g/mol. The van der Waals surface area contributed by atoms with Crippen molar-refractivity contribution in [2.45, 2.75) is 5.92 Å². The summed E-state index contributed by atoms with van der Waals surface area (Å²) >= 11 is 0. The van der Waals surface area contributed by atoms with Crippen LogP contribution in [0, 0.1) is 11.3 Å². The molecule has 2 aromatic rings. The van der Waals surface area contributed by atoms with Gasteiger partial charge in [-0.25, -0.2) is 0 Å². The predicted molar refractivity (Wildman–Crippen MR) is 68.5 cm³/mol. The van der Waals surface area contributed by atoms with E-state index in [0.29, 0.717) is 11.5 Å². The molecule has 1 heteroatoms. The Hall–Kier alpha value is -2.33. The van der Waals surface area contributed by atoms with Crippen molar-refractivity contribution in [3.63, 3.8) is 0 Å². The maximum absolute atomic E-state index is 8.79. The number of nitrogens with zero attached hydrogens (tertiary/aromatic N) is 1. The Morgan fingerprint density at radius 3 is 2.47 bits per heavy atom. The molecule has 1 unspecified atom stereocenters. The van der Waals surface area contributed by atoms with Gasteiger partial charge in [0.1, 0.15) is 0 Å². The van der Waals surface area contributed by atoms with Gasteiger partial charge in [-0.3, -0.25) is 0 Å². The Morgan fingerprint density at radius 2 is 1.71 bits per heavy atom. The maximum Gasteiger partial charge on any atom is 0.0991 e. The second-order valence-corrected chi connectivity index (χ2v) is 4.20. The van der Waals surface area contributed by atoms with Gasteiger partial charge in [-0.05, 0) is 28.8 Å². The fourth-order valence-corrected chi connectivity index (χ4v) is 2.31. The summed E-state index contributed by atoms with van der Waals surface area (Å²) in [5.74, 6) is 0.332. The molecule has 1 aliphatic carbocycles. The first kappa shape index (κ1) is 9.86. The van der Waals surface area contributed by atoms with Crippen molar-refractivity contribution in [1.29, 1.82) is 5.26 Å². The molecule has 0 saturated heterocycles. The van der Waals surface area contributed by atoms with Crippen molar-refractivity contribution in [2.24, 2.45) is 0 Å². The van der Waals surface area contributed by atoms with Crippen molar-refractivity contribution in [3.8, 4) is 6.07 Å². The number of hydrogen-bond donors (Lipinski definition) is 0. The lowest BCUT2D eigenvalue weighted by Crippen LogP contribution is -1.95. The minimum atomic E-state index is 0.332. The summed E-state index contributed by atoms with van der Waals surface area (Å²) in [6.45, 7) is 0. The zero-order chi connectivity index (χ0) is 11.7. The number of nitriles is 1. The van der Waals surface area contributed by atoms with E-state index in [4.69, 9.17) is 5.26 Å². The van der Waals surface area contributed by atoms with E-state index >= 15 is 0 Å². The normalized spacial score (nSPS) is 16.5. The lowest BCUT2D eigenvalue weighted by molar-refractivity contribution is 1.05. The molecular formula is C16H11N. The molecule has 0 aliphatic heterocycles. The van der Waals surface area contributed by atoms with Gasteiger partial charge >= 0.3 is 0 Å². The van der Waals surface area contributed by atoms with Gasteiger partial charge in [0.2, 0.25) is 0 Å². The Morgan fingerprint density at radius 1 is 0.941 bits per heavy atom. The van der Waals surface area contributed by atoms with Crippen molar-refractivity contribution in [3.05, 3.63) is 76.9 Å². The van der Waals surface area contributed by atoms with Gasteiger partial charge in [0, 0.05) is 5.92 Å². The molecule has 1 aliphatic rings. The molecule has 0 amide bonds. The first-order chi connectivity index (χ1) is 8.38. The smallest absolute Gasteiger partial charge is 0.0991 e. The SMILES string of the molecule is N#Cc1ccc(C2C=Cc3ccccc32)cc1. The Labute approximate surface area is 101 Å². The van der Waals surface area contributed by atoms with Gasteiger partial charge in [0.05, 0.1) is 11.6 Å². The predicted octanol–water partition coefficient (Wildman–Crippen LogP) is 3.72. The molecule has 0 spiro atoms. The van der Waals surface area contributed by atoms with Crippen LogP contribution in [-0.2, 0) is 0 Å². The molecule has 0 aromatic heterocycles. The van der Waals surface area contributed by atoms with Crippen LogP contribution in [0.1, 0.15) is 28.2 Å². The molecule has 80 valence electrons. The van der Waals surface area contributed by atoms with E-state index in [2.05, 4.69) is 42.5 Å². The first-order valence-corrected chi connectivity index (χ1v) is 5.66. The maximum atomic E-state index is 8.79. The van der Waals surface area contributed by atoms with E-state index in [1.807, 2.05) is 24.3 Å². The Kier molecular flexibility index (Phi) is 2.27. The molecule has 17 heavy (non-hydrogen) atoms. The second kappa shape index (κ2) is 3.92. The van der Waals surface area contributed by atoms with Crippen LogP contribution in [0.15, 0.2) is 54.6 Å². The summed E-state index contributed by atoms with van der Waals surface area (Å²) in [6.07, 6.45) is 4.38. The average molecular weight is 217 g/mol. The van der Waals surface area contributed by atoms with E-state index in [1.165, 1.54) is 16.7 Å². The largest absolute Gasteiger partial charge is 0.192 e. The highest BCUT2D eigenvalue weighted by Crippen LogP contribution is 2.34. The third kappa shape index (κ3) is 1.64. The topological polar surface area (TPSA) is 23.8 Å². The molecule has 0 fully saturated rings. The third-order valence-corrected chi connectivity index (χ3v) is 3.20. The Bertz CT molecular complexity index is 615. The van der Waals surface area contributed by atoms with Crippen molar-refractivity contribution < 1.29 is 0 Å². The quantitative estimate of drug-likeness (QED) is 0.714. The fourth-order valence-electron chi connectivity index (χ4n) is 2.31. The molecule has 0 heterocycles. The van der Waals surface area contributed by atoms with Crippen molar-refractivity contribution in [2.75, 3.05) is 0 Å². The summed E-state index contributed by atoms with van der Waals surface area (Å²) < 4.78 is 0. The van der Waals surface area contributed by atoms with Crippen LogP contribution >= 0.6 is 0 Å². The summed E-state index contributed by atoms with van der Waals surface area (Å²) in [5.41, 5.74) is 4.59. The van der Waals surface area contributed by atoms with Crippen molar-refractivity contribution >= 4 is 6.08 Å². The standard InChI is InChI=1S/C16H11N/c17-11-12-5-7-14(8-6-12)16-10-9-13-3-1-2-4-15(13)16/h1-10,16H. The van der Waals surface area contributed by atoms with Crippen LogP contribution in [0.3, 0.4) is 0 Å². The minimum Gasteiger partial charge on any atom is -0.192 e. The Balaban J connectivity index is 2.02. The zero-order valence-electron chi connectivity index (χ0n) is 9.30. The van der Waals surface area contributed by atoms with Gasteiger partial charge in [-0.2, -0.15) is 5.26 Å². The number of allylic oxidation sites excluding steroid dienone is 1. The lowest BCUT2D eigenvalue weighted by atomic mass is 9.93. The van der Waals surface area contributed by atoms with E-state index < -0.39 is 0 Å². The number of benzene rings is 2. The van der Waals surface area contributed by atoms with Crippen LogP contribution in [0.5, 0.6) is 0 Å². The van der Waals surface area contributed by atoms with Crippen LogP contribution in [0.25, 0.3) is 6.08 Å². The summed E-state index contributed by atoms with van der Waals surface area (Å²) in [4.78, 5) is 0. The van der Waals surface area contributed by atoms with E-state index in [1.54, 1.807) is 0 Å². The molecule has 0 N–H and O–H groups in total. The molecule has 0 radical (unpaired) electrons. The molecule has 0 saturated carbocycles. The molecule has 1 atom stereocenters. The van der Waals surface area contributed by atoms with Gasteiger partial charge < -0.3 is 0 Å². The minimum absolute atomic E-state index is 0.332. The number of fused-ring (bicyclic) bond motifs is 1. The van der Waals surface area contributed by atoms with Crippen molar-refractivity contribution in [1.82, 2.24) is 0 Å². The number of rotatable bonds is 1. The second-order valence-electron chi connectivity index (χ2n) is 4.20. The van der Waals surface area contributed by atoms with Gasteiger partial charge in [-0.1, -0.05) is 48.6 Å². The van der Waals surface area contributed by atoms with Crippen LogP contribution in [0.4, 0.5) is 0 Å². The fraction of sp³-hybridized carbons (Fsp3) is 0.0625. The summed E-state index contributed by atoms with van der Waals surface area (Å²) in [5, 5.41) is 8.79. The summed E-state index contributed by atoms with van der Waals surface area (Å²) in [6, 6.07) is 18.4. The molecule has 0 bridgehead atoms. The van der Waals surface area contributed by atoms with Gasteiger partial charge in [-0.15, -0.1) is 0 Å².